The minimum Gasteiger partial charge on any atom is -0.484 e. The molecule has 0 aliphatic heterocycles. The van der Waals surface area contributed by atoms with Crippen molar-refractivity contribution >= 4 is 5.91 Å². The number of nitrogens with one attached hydrogen (secondary N) is 1. The molecule has 1 atom stereocenters. The molecule has 1 aromatic rings. The normalized spacial score (nSPS) is 15.2. The molecule has 0 aromatic heterocycles. The first kappa shape index (κ1) is 13.9. The van der Waals surface area contributed by atoms with Gasteiger partial charge in [-0.05, 0) is 55.4 Å². The molecule has 1 aromatic carbocycles. The van der Waals surface area contributed by atoms with Gasteiger partial charge in [-0.25, -0.2) is 0 Å². The van der Waals surface area contributed by atoms with E-state index in [1.165, 1.54) is 24.0 Å². The van der Waals surface area contributed by atoms with E-state index in [-0.39, 0.29) is 18.6 Å². The third-order valence-electron chi connectivity index (χ3n) is 3.83. The van der Waals surface area contributed by atoms with Gasteiger partial charge >= 0.3 is 0 Å². The van der Waals surface area contributed by atoms with Crippen molar-refractivity contribution in [1.29, 1.82) is 0 Å². The van der Waals surface area contributed by atoms with E-state index in [9.17, 15) is 4.79 Å². The number of carbonyl (C=O) groups excluding carboxylic acids is 1. The van der Waals surface area contributed by atoms with Crippen LogP contribution in [0.5, 0.6) is 5.75 Å². The van der Waals surface area contributed by atoms with Crippen molar-refractivity contribution in [2.75, 3.05) is 6.61 Å². The summed E-state index contributed by atoms with van der Waals surface area (Å²) in [5, 5.41) is 2.94. The molecule has 1 amide bonds. The Morgan fingerprint density at radius 1 is 1.26 bits per heavy atom. The van der Waals surface area contributed by atoms with Crippen LogP contribution in [0.15, 0.2) is 18.2 Å². The van der Waals surface area contributed by atoms with Gasteiger partial charge in [0.25, 0.3) is 5.91 Å². The van der Waals surface area contributed by atoms with Crippen LogP contribution in [0.3, 0.4) is 0 Å². The number of amides is 1. The second-order valence-electron chi connectivity index (χ2n) is 5.67. The smallest absolute Gasteiger partial charge is 0.258 e. The number of aryl methyl sites for hydroxylation is 2. The summed E-state index contributed by atoms with van der Waals surface area (Å²) < 4.78 is 5.56. The first-order chi connectivity index (χ1) is 9.06. The lowest BCUT2D eigenvalue weighted by Crippen LogP contribution is -2.38. The number of hydrogen-bond acceptors (Lipinski definition) is 2. The molecule has 0 fully saturated rings. The van der Waals surface area contributed by atoms with Crippen LogP contribution in [0.4, 0.5) is 0 Å². The maximum atomic E-state index is 11.7. The Hall–Kier alpha value is -1.51. The van der Waals surface area contributed by atoms with Gasteiger partial charge in [0.15, 0.2) is 6.61 Å². The van der Waals surface area contributed by atoms with E-state index < -0.39 is 0 Å². The van der Waals surface area contributed by atoms with Gasteiger partial charge in [-0.3, -0.25) is 4.79 Å². The number of ether oxygens (including phenoxy) is 1. The summed E-state index contributed by atoms with van der Waals surface area (Å²) in [6, 6.07) is 6.33. The van der Waals surface area contributed by atoms with Crippen molar-refractivity contribution in [2.24, 2.45) is 5.92 Å². The fourth-order valence-electron chi connectivity index (χ4n) is 2.25. The van der Waals surface area contributed by atoms with Crippen LogP contribution in [-0.2, 0) is 17.6 Å². The zero-order valence-electron chi connectivity index (χ0n) is 12.0. The second-order valence-corrected chi connectivity index (χ2v) is 5.67. The van der Waals surface area contributed by atoms with Gasteiger partial charge in [0.2, 0.25) is 0 Å². The molecule has 1 unspecified atom stereocenters. The summed E-state index contributed by atoms with van der Waals surface area (Å²) in [6.45, 7) is 6.28. The molecule has 0 saturated carbocycles. The van der Waals surface area contributed by atoms with Gasteiger partial charge in [0, 0.05) is 6.04 Å². The van der Waals surface area contributed by atoms with Crippen LogP contribution in [0.2, 0.25) is 0 Å². The van der Waals surface area contributed by atoms with E-state index >= 15 is 0 Å². The highest BCUT2D eigenvalue weighted by Crippen LogP contribution is 2.25. The zero-order valence-corrected chi connectivity index (χ0v) is 12.0. The molecule has 3 heteroatoms. The number of carbonyl (C=O) groups is 1. The Bertz CT molecular complexity index is 454. The van der Waals surface area contributed by atoms with E-state index in [0.29, 0.717) is 5.92 Å². The predicted octanol–water partition coefficient (Wildman–Crippen LogP) is 2.71. The monoisotopic (exact) mass is 261 g/mol. The molecule has 0 radical (unpaired) electrons. The Kier molecular flexibility index (Phi) is 4.46. The molecule has 1 aliphatic rings. The molecule has 19 heavy (non-hydrogen) atoms. The van der Waals surface area contributed by atoms with Crippen molar-refractivity contribution in [3.63, 3.8) is 0 Å². The van der Waals surface area contributed by atoms with Crippen LogP contribution < -0.4 is 10.1 Å². The standard InChI is InChI=1S/C16H23NO2/c1-11(2)12(3)17-16(18)10-19-15-8-7-13-5-4-6-14(13)9-15/h7-9,11-12H,4-6,10H2,1-3H3,(H,17,18). The Morgan fingerprint density at radius 3 is 2.74 bits per heavy atom. The van der Waals surface area contributed by atoms with E-state index in [2.05, 4.69) is 31.3 Å². The number of fused-ring (bicyclic) bond motifs is 1. The fraction of sp³-hybridized carbons (Fsp3) is 0.562. The summed E-state index contributed by atoms with van der Waals surface area (Å²) in [4.78, 5) is 11.7. The first-order valence-electron chi connectivity index (χ1n) is 7.10. The molecule has 2 rings (SSSR count). The Labute approximate surface area is 115 Å². The molecule has 1 aliphatic carbocycles. The van der Waals surface area contributed by atoms with Crippen molar-refractivity contribution in [3.8, 4) is 5.75 Å². The Balaban J connectivity index is 1.84. The molecular formula is C16H23NO2. The van der Waals surface area contributed by atoms with E-state index in [1.807, 2.05) is 13.0 Å². The third-order valence-corrected chi connectivity index (χ3v) is 3.83. The minimum atomic E-state index is -0.0540. The minimum absolute atomic E-state index is 0.0540. The van der Waals surface area contributed by atoms with Crippen molar-refractivity contribution in [2.45, 2.75) is 46.1 Å². The van der Waals surface area contributed by atoms with E-state index in [0.717, 1.165) is 12.2 Å². The lowest BCUT2D eigenvalue weighted by atomic mass is 10.1. The van der Waals surface area contributed by atoms with Crippen LogP contribution in [-0.4, -0.2) is 18.6 Å². The second kappa shape index (κ2) is 6.09. The molecule has 0 heterocycles. The summed E-state index contributed by atoms with van der Waals surface area (Å²) in [5.41, 5.74) is 2.79. The largest absolute Gasteiger partial charge is 0.484 e. The highest BCUT2D eigenvalue weighted by atomic mass is 16.5. The predicted molar refractivity (Wildman–Crippen MR) is 76.4 cm³/mol. The van der Waals surface area contributed by atoms with Gasteiger partial charge in [-0.1, -0.05) is 19.9 Å². The molecule has 0 bridgehead atoms. The maximum Gasteiger partial charge on any atom is 0.258 e. The molecular weight excluding hydrogens is 238 g/mol. The third kappa shape index (κ3) is 3.72. The molecule has 0 spiro atoms. The SMILES string of the molecule is CC(C)C(C)NC(=O)COc1ccc2c(c1)CCC2. The zero-order chi connectivity index (χ0) is 13.8. The topological polar surface area (TPSA) is 38.3 Å². The first-order valence-corrected chi connectivity index (χ1v) is 7.10. The van der Waals surface area contributed by atoms with Gasteiger partial charge in [0.1, 0.15) is 5.75 Å². The van der Waals surface area contributed by atoms with Crippen molar-refractivity contribution < 1.29 is 9.53 Å². The van der Waals surface area contributed by atoms with Gasteiger partial charge in [0.05, 0.1) is 0 Å². The highest BCUT2D eigenvalue weighted by molar-refractivity contribution is 5.77. The summed E-state index contributed by atoms with van der Waals surface area (Å²) >= 11 is 0. The molecule has 0 saturated heterocycles. The quantitative estimate of drug-likeness (QED) is 0.885. The molecule has 3 nitrogen and oxygen atoms in total. The van der Waals surface area contributed by atoms with E-state index in [1.54, 1.807) is 0 Å². The van der Waals surface area contributed by atoms with E-state index in [4.69, 9.17) is 4.74 Å². The summed E-state index contributed by atoms with van der Waals surface area (Å²) in [7, 11) is 0. The molecule has 104 valence electrons. The van der Waals surface area contributed by atoms with Crippen LogP contribution in [0, 0.1) is 5.92 Å². The van der Waals surface area contributed by atoms with Crippen molar-refractivity contribution in [3.05, 3.63) is 29.3 Å². The Morgan fingerprint density at radius 2 is 2.00 bits per heavy atom. The number of rotatable bonds is 5. The molecule has 1 N–H and O–H groups in total. The average Bonchev–Trinajstić information content (AvgIpc) is 2.83. The maximum absolute atomic E-state index is 11.7. The number of hydrogen-bond donors (Lipinski definition) is 1. The average molecular weight is 261 g/mol. The van der Waals surface area contributed by atoms with Gasteiger partial charge < -0.3 is 10.1 Å². The lowest BCUT2D eigenvalue weighted by molar-refractivity contribution is -0.124. The number of benzene rings is 1. The van der Waals surface area contributed by atoms with Crippen LogP contribution in [0.25, 0.3) is 0 Å². The van der Waals surface area contributed by atoms with Crippen LogP contribution >= 0.6 is 0 Å². The summed E-state index contributed by atoms with van der Waals surface area (Å²) in [5.74, 6) is 1.18. The van der Waals surface area contributed by atoms with Crippen molar-refractivity contribution in [1.82, 2.24) is 5.32 Å². The lowest BCUT2D eigenvalue weighted by Gasteiger charge is -2.17. The van der Waals surface area contributed by atoms with Gasteiger partial charge in [-0.15, -0.1) is 0 Å². The van der Waals surface area contributed by atoms with Gasteiger partial charge in [-0.2, -0.15) is 0 Å². The van der Waals surface area contributed by atoms with Crippen LogP contribution in [0.1, 0.15) is 38.3 Å². The fourth-order valence-corrected chi connectivity index (χ4v) is 2.25. The summed E-state index contributed by atoms with van der Waals surface area (Å²) in [6.07, 6.45) is 3.52. The highest BCUT2D eigenvalue weighted by Gasteiger charge is 2.13.